The number of carbonyl (C=O) groups excluding carboxylic acids is 2. The zero-order valence-corrected chi connectivity index (χ0v) is 13.0. The predicted octanol–water partition coefficient (Wildman–Crippen LogP) is 1.71. The molecule has 0 radical (unpaired) electrons. The maximum absolute atomic E-state index is 12.1. The monoisotopic (exact) mass is 304 g/mol. The van der Waals surface area contributed by atoms with Crippen LogP contribution in [0.3, 0.4) is 0 Å². The SMILES string of the molecule is CC(CCO)CNC(=O)CCC1Cc2ccccc2NC1=O. The zero-order chi connectivity index (χ0) is 15.9. The summed E-state index contributed by atoms with van der Waals surface area (Å²) in [6.07, 6.45) is 2.28. The molecule has 5 nitrogen and oxygen atoms in total. The van der Waals surface area contributed by atoms with Gasteiger partial charge in [-0.2, -0.15) is 0 Å². The summed E-state index contributed by atoms with van der Waals surface area (Å²) in [4.78, 5) is 23.9. The Hall–Kier alpha value is -1.88. The molecule has 0 saturated carbocycles. The van der Waals surface area contributed by atoms with E-state index in [0.29, 0.717) is 32.2 Å². The van der Waals surface area contributed by atoms with Gasteiger partial charge in [-0.3, -0.25) is 9.59 Å². The van der Waals surface area contributed by atoms with Crippen LogP contribution in [-0.2, 0) is 16.0 Å². The lowest BCUT2D eigenvalue weighted by molar-refractivity contribution is -0.123. The molecular weight excluding hydrogens is 280 g/mol. The number of aliphatic hydroxyl groups is 1. The van der Waals surface area contributed by atoms with Crippen LogP contribution in [0.5, 0.6) is 0 Å². The number of amides is 2. The second kappa shape index (κ2) is 7.94. The Morgan fingerprint density at radius 2 is 2.23 bits per heavy atom. The second-order valence-corrected chi connectivity index (χ2v) is 6.01. The molecule has 2 atom stereocenters. The fourth-order valence-electron chi connectivity index (χ4n) is 2.65. The number of carbonyl (C=O) groups is 2. The smallest absolute Gasteiger partial charge is 0.227 e. The number of para-hydroxylation sites is 1. The van der Waals surface area contributed by atoms with Gasteiger partial charge in [0.25, 0.3) is 0 Å². The first-order valence-electron chi connectivity index (χ1n) is 7.86. The minimum absolute atomic E-state index is 0.000138. The lowest BCUT2D eigenvalue weighted by Crippen LogP contribution is -2.33. The van der Waals surface area contributed by atoms with Crippen molar-refractivity contribution in [3.05, 3.63) is 29.8 Å². The number of aliphatic hydroxyl groups excluding tert-OH is 1. The van der Waals surface area contributed by atoms with E-state index in [2.05, 4.69) is 10.6 Å². The van der Waals surface area contributed by atoms with Crippen LogP contribution in [0.4, 0.5) is 5.69 Å². The molecule has 5 heteroatoms. The Kier molecular flexibility index (Phi) is 5.95. The van der Waals surface area contributed by atoms with Crippen molar-refractivity contribution in [2.45, 2.75) is 32.6 Å². The van der Waals surface area contributed by atoms with Gasteiger partial charge in [-0.05, 0) is 36.8 Å². The Bertz CT molecular complexity index is 530. The molecule has 0 spiro atoms. The van der Waals surface area contributed by atoms with Gasteiger partial charge >= 0.3 is 0 Å². The summed E-state index contributed by atoms with van der Waals surface area (Å²) in [5.74, 6) is 0.0888. The molecule has 1 heterocycles. The maximum Gasteiger partial charge on any atom is 0.227 e. The molecule has 2 unspecified atom stereocenters. The number of nitrogens with one attached hydrogen (secondary N) is 2. The highest BCUT2D eigenvalue weighted by molar-refractivity contribution is 5.96. The highest BCUT2D eigenvalue weighted by atomic mass is 16.3. The zero-order valence-electron chi connectivity index (χ0n) is 13.0. The van der Waals surface area contributed by atoms with Crippen molar-refractivity contribution >= 4 is 17.5 Å². The van der Waals surface area contributed by atoms with Crippen LogP contribution in [0.25, 0.3) is 0 Å². The van der Waals surface area contributed by atoms with E-state index in [1.165, 1.54) is 0 Å². The van der Waals surface area contributed by atoms with Crippen molar-refractivity contribution in [3.63, 3.8) is 0 Å². The van der Waals surface area contributed by atoms with Gasteiger partial charge in [0, 0.05) is 31.2 Å². The van der Waals surface area contributed by atoms with Crippen LogP contribution >= 0.6 is 0 Å². The van der Waals surface area contributed by atoms with Crippen LogP contribution < -0.4 is 10.6 Å². The van der Waals surface area contributed by atoms with Crippen LogP contribution in [0.15, 0.2) is 24.3 Å². The summed E-state index contributed by atoms with van der Waals surface area (Å²) in [5.41, 5.74) is 2.01. The van der Waals surface area contributed by atoms with Gasteiger partial charge in [-0.1, -0.05) is 25.1 Å². The average molecular weight is 304 g/mol. The van der Waals surface area contributed by atoms with E-state index in [-0.39, 0.29) is 30.3 Å². The molecule has 120 valence electrons. The molecule has 0 saturated heterocycles. The lowest BCUT2D eigenvalue weighted by Gasteiger charge is -2.24. The van der Waals surface area contributed by atoms with Crippen LogP contribution in [-0.4, -0.2) is 30.1 Å². The number of hydrogen-bond acceptors (Lipinski definition) is 3. The minimum atomic E-state index is -0.143. The normalized spacial score (nSPS) is 18.3. The standard InChI is InChI=1S/C17H24N2O3/c1-12(8-9-20)11-18-16(21)7-6-14-10-13-4-2-3-5-15(13)19-17(14)22/h2-5,12,14,20H,6-11H2,1H3,(H,18,21)(H,19,22). The molecule has 0 fully saturated rings. The number of hydrogen-bond donors (Lipinski definition) is 3. The van der Waals surface area contributed by atoms with Crippen molar-refractivity contribution in [2.75, 3.05) is 18.5 Å². The topological polar surface area (TPSA) is 78.4 Å². The van der Waals surface area contributed by atoms with Gasteiger partial charge < -0.3 is 15.7 Å². The third kappa shape index (κ3) is 4.56. The van der Waals surface area contributed by atoms with E-state index >= 15 is 0 Å². The van der Waals surface area contributed by atoms with Gasteiger partial charge in [0.2, 0.25) is 11.8 Å². The summed E-state index contributed by atoms with van der Waals surface area (Å²) in [6, 6.07) is 7.78. The first kappa shape index (κ1) is 16.5. The summed E-state index contributed by atoms with van der Waals surface area (Å²) in [6.45, 7) is 2.69. The van der Waals surface area contributed by atoms with Crippen molar-refractivity contribution in [1.29, 1.82) is 0 Å². The van der Waals surface area contributed by atoms with E-state index in [4.69, 9.17) is 5.11 Å². The molecule has 0 aliphatic carbocycles. The molecule has 1 aliphatic heterocycles. The summed E-state index contributed by atoms with van der Waals surface area (Å²) in [5, 5.41) is 14.6. The van der Waals surface area contributed by atoms with Gasteiger partial charge in [0.05, 0.1) is 0 Å². The van der Waals surface area contributed by atoms with Crippen molar-refractivity contribution in [2.24, 2.45) is 11.8 Å². The van der Waals surface area contributed by atoms with Gasteiger partial charge in [-0.15, -0.1) is 0 Å². The maximum atomic E-state index is 12.1. The molecule has 0 bridgehead atoms. The third-order valence-corrected chi connectivity index (χ3v) is 4.10. The number of fused-ring (bicyclic) bond motifs is 1. The van der Waals surface area contributed by atoms with E-state index in [1.807, 2.05) is 31.2 Å². The molecule has 3 N–H and O–H groups in total. The van der Waals surface area contributed by atoms with Crippen LogP contribution in [0.2, 0.25) is 0 Å². The van der Waals surface area contributed by atoms with E-state index in [0.717, 1.165) is 11.3 Å². The summed E-state index contributed by atoms with van der Waals surface area (Å²) < 4.78 is 0. The predicted molar refractivity (Wildman–Crippen MR) is 85.4 cm³/mol. The fraction of sp³-hybridized carbons (Fsp3) is 0.529. The van der Waals surface area contributed by atoms with Gasteiger partial charge in [0.1, 0.15) is 0 Å². The highest BCUT2D eigenvalue weighted by Gasteiger charge is 2.26. The van der Waals surface area contributed by atoms with E-state index in [9.17, 15) is 9.59 Å². The summed E-state index contributed by atoms with van der Waals surface area (Å²) in [7, 11) is 0. The second-order valence-electron chi connectivity index (χ2n) is 6.01. The Morgan fingerprint density at radius 3 is 3.00 bits per heavy atom. The van der Waals surface area contributed by atoms with Crippen LogP contribution in [0.1, 0.15) is 31.7 Å². The summed E-state index contributed by atoms with van der Waals surface area (Å²) >= 11 is 0. The Balaban J connectivity index is 1.77. The molecular formula is C17H24N2O3. The van der Waals surface area contributed by atoms with Crippen molar-refractivity contribution in [3.8, 4) is 0 Å². The molecule has 1 aliphatic rings. The quantitative estimate of drug-likeness (QED) is 0.717. The highest BCUT2D eigenvalue weighted by Crippen LogP contribution is 2.27. The number of anilines is 1. The van der Waals surface area contributed by atoms with E-state index < -0.39 is 0 Å². The molecule has 2 rings (SSSR count). The Morgan fingerprint density at radius 1 is 1.45 bits per heavy atom. The number of rotatable bonds is 7. The minimum Gasteiger partial charge on any atom is -0.396 e. The number of benzene rings is 1. The Labute approximate surface area is 131 Å². The first-order valence-corrected chi connectivity index (χ1v) is 7.86. The van der Waals surface area contributed by atoms with Gasteiger partial charge in [0.15, 0.2) is 0 Å². The molecule has 1 aromatic carbocycles. The molecule has 22 heavy (non-hydrogen) atoms. The third-order valence-electron chi connectivity index (χ3n) is 4.10. The van der Waals surface area contributed by atoms with Crippen molar-refractivity contribution in [1.82, 2.24) is 5.32 Å². The van der Waals surface area contributed by atoms with Crippen molar-refractivity contribution < 1.29 is 14.7 Å². The fourth-order valence-corrected chi connectivity index (χ4v) is 2.65. The first-order chi connectivity index (χ1) is 10.6. The average Bonchev–Trinajstić information content (AvgIpc) is 2.51. The largest absolute Gasteiger partial charge is 0.396 e. The molecule has 2 amide bonds. The van der Waals surface area contributed by atoms with Gasteiger partial charge in [-0.25, -0.2) is 0 Å². The molecule has 0 aromatic heterocycles. The molecule has 1 aromatic rings. The van der Waals surface area contributed by atoms with E-state index in [1.54, 1.807) is 0 Å². The van der Waals surface area contributed by atoms with Crippen LogP contribution in [0, 0.1) is 11.8 Å². The lowest BCUT2D eigenvalue weighted by atomic mass is 9.89.